The average molecular weight is 257 g/mol. The van der Waals surface area contributed by atoms with Gasteiger partial charge in [-0.2, -0.15) is 0 Å². The maximum absolute atomic E-state index is 13.1. The largest absolute Gasteiger partial charge is 0.318 e. The highest BCUT2D eigenvalue weighted by atomic mass is 35.5. The molecule has 0 radical (unpaired) electrons. The molecule has 0 aliphatic heterocycles. The number of halogens is 2. The van der Waals surface area contributed by atoms with Crippen LogP contribution in [0.1, 0.15) is 6.92 Å². The van der Waals surface area contributed by atoms with Crippen LogP contribution in [0.25, 0.3) is 0 Å². The summed E-state index contributed by atoms with van der Waals surface area (Å²) in [6, 6.07) is 6.44. The number of hydrogen-bond donors (Lipinski definition) is 0. The predicted octanol–water partition coefficient (Wildman–Crippen LogP) is 4.09. The SMILES string of the molecule is CCN(c1cccc(F)c1)c1nc(Cl)cs1. The van der Waals surface area contributed by atoms with E-state index in [2.05, 4.69) is 4.98 Å². The van der Waals surface area contributed by atoms with Crippen LogP contribution < -0.4 is 4.90 Å². The molecule has 0 saturated heterocycles. The fourth-order valence-corrected chi connectivity index (χ4v) is 2.47. The van der Waals surface area contributed by atoms with Gasteiger partial charge in [0.2, 0.25) is 0 Å². The van der Waals surface area contributed by atoms with E-state index in [0.717, 1.165) is 10.8 Å². The molecule has 5 heteroatoms. The number of hydrogen-bond acceptors (Lipinski definition) is 3. The molecule has 0 spiro atoms. The lowest BCUT2D eigenvalue weighted by atomic mass is 10.3. The smallest absolute Gasteiger partial charge is 0.191 e. The lowest BCUT2D eigenvalue weighted by Gasteiger charge is -2.19. The maximum atomic E-state index is 13.1. The summed E-state index contributed by atoms with van der Waals surface area (Å²) in [6.07, 6.45) is 0. The molecule has 0 aliphatic rings. The van der Waals surface area contributed by atoms with Crippen molar-refractivity contribution < 1.29 is 4.39 Å². The van der Waals surface area contributed by atoms with Crippen molar-refractivity contribution in [2.24, 2.45) is 0 Å². The quantitative estimate of drug-likeness (QED) is 0.822. The highest BCUT2D eigenvalue weighted by molar-refractivity contribution is 7.14. The summed E-state index contributed by atoms with van der Waals surface area (Å²) in [6.45, 7) is 2.70. The zero-order valence-electron chi connectivity index (χ0n) is 8.65. The van der Waals surface area contributed by atoms with Crippen LogP contribution >= 0.6 is 22.9 Å². The van der Waals surface area contributed by atoms with E-state index in [1.54, 1.807) is 11.4 Å². The molecule has 0 aliphatic carbocycles. The lowest BCUT2D eigenvalue weighted by Crippen LogP contribution is -2.15. The van der Waals surface area contributed by atoms with Crippen LogP contribution in [-0.2, 0) is 0 Å². The minimum absolute atomic E-state index is 0.251. The fourth-order valence-electron chi connectivity index (χ4n) is 1.44. The van der Waals surface area contributed by atoms with E-state index in [1.807, 2.05) is 17.9 Å². The summed E-state index contributed by atoms with van der Waals surface area (Å²) in [7, 11) is 0. The number of aromatic nitrogens is 1. The van der Waals surface area contributed by atoms with Gasteiger partial charge in [0.25, 0.3) is 0 Å². The Morgan fingerprint density at radius 3 is 2.88 bits per heavy atom. The molecule has 2 rings (SSSR count). The first-order valence-corrected chi connectivity index (χ1v) is 6.10. The Labute approximate surface area is 102 Å². The molecular weight excluding hydrogens is 247 g/mol. The number of nitrogens with zero attached hydrogens (tertiary/aromatic N) is 2. The van der Waals surface area contributed by atoms with Gasteiger partial charge in [-0.1, -0.05) is 17.7 Å². The molecule has 0 bridgehead atoms. The molecule has 0 atom stereocenters. The van der Waals surface area contributed by atoms with Gasteiger partial charge in [0.05, 0.1) is 0 Å². The second-order valence-electron chi connectivity index (χ2n) is 3.18. The van der Waals surface area contributed by atoms with E-state index >= 15 is 0 Å². The highest BCUT2D eigenvalue weighted by Crippen LogP contribution is 2.29. The molecular formula is C11H10ClFN2S. The van der Waals surface area contributed by atoms with Gasteiger partial charge in [-0.15, -0.1) is 11.3 Å². The first kappa shape index (κ1) is 11.4. The van der Waals surface area contributed by atoms with Crippen molar-refractivity contribution in [1.29, 1.82) is 0 Å². The van der Waals surface area contributed by atoms with Gasteiger partial charge in [-0.25, -0.2) is 9.37 Å². The van der Waals surface area contributed by atoms with Crippen LogP contribution in [0.5, 0.6) is 0 Å². The molecule has 84 valence electrons. The Hall–Kier alpha value is -1.13. The second kappa shape index (κ2) is 4.80. The Morgan fingerprint density at radius 1 is 1.50 bits per heavy atom. The zero-order chi connectivity index (χ0) is 11.5. The standard InChI is InChI=1S/C11H10ClFN2S/c1-2-15(11-14-10(12)7-16-11)9-5-3-4-8(13)6-9/h3-7H,2H2,1H3. The van der Waals surface area contributed by atoms with Crippen molar-refractivity contribution in [3.63, 3.8) is 0 Å². The molecule has 0 unspecified atom stereocenters. The average Bonchev–Trinajstić information content (AvgIpc) is 2.66. The molecule has 2 nitrogen and oxygen atoms in total. The molecule has 0 N–H and O–H groups in total. The lowest BCUT2D eigenvalue weighted by molar-refractivity contribution is 0.627. The van der Waals surface area contributed by atoms with Crippen molar-refractivity contribution in [3.05, 3.63) is 40.6 Å². The zero-order valence-corrected chi connectivity index (χ0v) is 10.2. The molecule has 0 fully saturated rings. The van der Waals surface area contributed by atoms with Gasteiger partial charge >= 0.3 is 0 Å². The van der Waals surface area contributed by atoms with Crippen LogP contribution in [0.15, 0.2) is 29.6 Å². The third-order valence-corrected chi connectivity index (χ3v) is 3.32. The molecule has 1 aromatic carbocycles. The van der Waals surface area contributed by atoms with Crippen molar-refractivity contribution in [2.45, 2.75) is 6.92 Å². The Kier molecular flexibility index (Phi) is 3.41. The third kappa shape index (κ3) is 2.33. The Morgan fingerprint density at radius 2 is 2.31 bits per heavy atom. The van der Waals surface area contributed by atoms with E-state index in [4.69, 9.17) is 11.6 Å². The van der Waals surface area contributed by atoms with E-state index in [0.29, 0.717) is 11.7 Å². The fraction of sp³-hybridized carbons (Fsp3) is 0.182. The maximum Gasteiger partial charge on any atom is 0.191 e. The number of anilines is 2. The van der Waals surface area contributed by atoms with Crippen molar-refractivity contribution in [3.8, 4) is 0 Å². The van der Waals surface area contributed by atoms with Gasteiger partial charge in [-0.3, -0.25) is 0 Å². The topological polar surface area (TPSA) is 16.1 Å². The van der Waals surface area contributed by atoms with Gasteiger partial charge in [-0.05, 0) is 25.1 Å². The Balaban J connectivity index is 2.36. The first-order chi connectivity index (χ1) is 7.70. The number of benzene rings is 1. The molecule has 1 aromatic heterocycles. The number of rotatable bonds is 3. The summed E-state index contributed by atoms with van der Waals surface area (Å²) < 4.78 is 13.1. The monoisotopic (exact) mass is 256 g/mol. The number of thiazole rings is 1. The van der Waals surface area contributed by atoms with Gasteiger partial charge in [0.15, 0.2) is 5.13 Å². The predicted molar refractivity (Wildman–Crippen MR) is 66.2 cm³/mol. The van der Waals surface area contributed by atoms with Crippen LogP contribution in [0.4, 0.5) is 15.2 Å². The van der Waals surface area contributed by atoms with Crippen LogP contribution in [0, 0.1) is 5.82 Å². The summed E-state index contributed by atoms with van der Waals surface area (Å²) in [4.78, 5) is 6.09. The minimum Gasteiger partial charge on any atom is -0.318 e. The molecule has 2 aromatic rings. The molecule has 0 saturated carbocycles. The second-order valence-corrected chi connectivity index (χ2v) is 4.40. The molecule has 1 heterocycles. The van der Waals surface area contributed by atoms with E-state index in [9.17, 15) is 4.39 Å². The molecule has 0 amide bonds. The first-order valence-electron chi connectivity index (χ1n) is 4.85. The summed E-state index contributed by atoms with van der Waals surface area (Å²) in [5, 5.41) is 3.01. The third-order valence-electron chi connectivity index (χ3n) is 2.13. The van der Waals surface area contributed by atoms with Crippen LogP contribution in [-0.4, -0.2) is 11.5 Å². The summed E-state index contributed by atoms with van der Waals surface area (Å²) in [5.41, 5.74) is 0.786. The van der Waals surface area contributed by atoms with E-state index in [-0.39, 0.29) is 5.82 Å². The normalized spacial score (nSPS) is 10.4. The summed E-state index contributed by atoms with van der Waals surface area (Å²) in [5.74, 6) is -0.251. The van der Waals surface area contributed by atoms with Crippen molar-refractivity contribution in [1.82, 2.24) is 4.98 Å². The summed E-state index contributed by atoms with van der Waals surface area (Å²) >= 11 is 7.22. The molecule has 16 heavy (non-hydrogen) atoms. The van der Waals surface area contributed by atoms with Gasteiger partial charge in [0, 0.05) is 17.6 Å². The van der Waals surface area contributed by atoms with Gasteiger partial charge in [0.1, 0.15) is 11.0 Å². The van der Waals surface area contributed by atoms with E-state index < -0.39 is 0 Å². The van der Waals surface area contributed by atoms with Crippen LogP contribution in [0.2, 0.25) is 5.15 Å². The van der Waals surface area contributed by atoms with Crippen molar-refractivity contribution >= 4 is 33.8 Å². The van der Waals surface area contributed by atoms with E-state index in [1.165, 1.54) is 23.5 Å². The highest BCUT2D eigenvalue weighted by Gasteiger charge is 2.11. The van der Waals surface area contributed by atoms with Gasteiger partial charge < -0.3 is 4.90 Å². The van der Waals surface area contributed by atoms with Crippen LogP contribution in [0.3, 0.4) is 0 Å². The Bertz CT molecular complexity index is 486. The van der Waals surface area contributed by atoms with Crippen molar-refractivity contribution in [2.75, 3.05) is 11.4 Å². The minimum atomic E-state index is -0.251.